The molecule has 1 amide bonds. The molecular weight excluding hydrogens is 381 g/mol. The van der Waals surface area contributed by atoms with Crippen LogP contribution in [-0.4, -0.2) is 32.7 Å². The van der Waals surface area contributed by atoms with Gasteiger partial charge in [0.2, 0.25) is 0 Å². The number of hydrogen-bond acceptors (Lipinski definition) is 4. The Morgan fingerprint density at radius 3 is 2.38 bits per heavy atom. The lowest BCUT2D eigenvalue weighted by Gasteiger charge is -2.27. The van der Waals surface area contributed by atoms with Crippen LogP contribution in [0.1, 0.15) is 0 Å². The Morgan fingerprint density at radius 2 is 1.81 bits per heavy atom. The molecule has 2 aromatic rings. The molecule has 0 unspecified atom stereocenters. The zero-order valence-electron chi connectivity index (χ0n) is 13.5. The number of anilines is 1. The van der Waals surface area contributed by atoms with Gasteiger partial charge in [-0.1, -0.05) is 11.6 Å². The molecule has 1 aliphatic rings. The van der Waals surface area contributed by atoms with Gasteiger partial charge in [0.05, 0.1) is 11.8 Å². The second-order valence-electron chi connectivity index (χ2n) is 5.71. The predicted molar refractivity (Wildman–Crippen MR) is 97.5 cm³/mol. The van der Waals surface area contributed by atoms with Crippen molar-refractivity contribution in [3.8, 4) is 5.75 Å². The number of nitrogens with zero attached hydrogens (tertiary/aromatic N) is 1. The quantitative estimate of drug-likeness (QED) is 0.779. The number of rotatable bonds is 5. The van der Waals surface area contributed by atoms with Crippen LogP contribution in [0.25, 0.3) is 0 Å². The lowest BCUT2D eigenvalue weighted by atomic mass is 10.2. The minimum Gasteiger partial charge on any atom is -0.484 e. The Balaban J connectivity index is 1.80. The Bertz CT molecular complexity index is 927. The highest BCUT2D eigenvalue weighted by Crippen LogP contribution is 2.24. The molecule has 8 heteroatoms. The highest BCUT2D eigenvalue weighted by Gasteiger charge is 2.31. The highest BCUT2D eigenvalue weighted by atomic mass is 35.5. The third-order valence-corrected chi connectivity index (χ3v) is 5.42. The third kappa shape index (κ3) is 4.42. The van der Waals surface area contributed by atoms with E-state index in [2.05, 4.69) is 0 Å². The van der Waals surface area contributed by atoms with Crippen molar-refractivity contribution in [1.82, 2.24) is 0 Å². The number of amides is 1. The van der Waals surface area contributed by atoms with Crippen LogP contribution in [0.2, 0.25) is 5.02 Å². The second kappa shape index (κ2) is 7.47. The van der Waals surface area contributed by atoms with Crippen LogP contribution in [0, 0.1) is 5.82 Å². The van der Waals surface area contributed by atoms with E-state index < -0.39 is 27.6 Å². The summed E-state index contributed by atoms with van der Waals surface area (Å²) >= 11 is 5.80. The molecule has 1 atom stereocenters. The topological polar surface area (TPSA) is 63.7 Å². The van der Waals surface area contributed by atoms with Crippen LogP contribution in [0.3, 0.4) is 0 Å². The molecule has 0 aliphatic carbocycles. The second-order valence-corrected chi connectivity index (χ2v) is 8.08. The van der Waals surface area contributed by atoms with Gasteiger partial charge in [0, 0.05) is 16.1 Å². The summed E-state index contributed by atoms with van der Waals surface area (Å²) in [4.78, 5) is 14.0. The molecule has 0 spiro atoms. The van der Waals surface area contributed by atoms with E-state index in [1.54, 1.807) is 24.3 Å². The molecular formula is C18H15ClFNO4S. The predicted octanol–water partition coefficient (Wildman–Crippen LogP) is 3.20. The Morgan fingerprint density at radius 1 is 1.15 bits per heavy atom. The van der Waals surface area contributed by atoms with Gasteiger partial charge in [-0.2, -0.15) is 0 Å². The largest absolute Gasteiger partial charge is 0.484 e. The van der Waals surface area contributed by atoms with Gasteiger partial charge in [0.1, 0.15) is 11.6 Å². The zero-order valence-corrected chi connectivity index (χ0v) is 15.1. The van der Waals surface area contributed by atoms with Crippen molar-refractivity contribution in [2.75, 3.05) is 17.3 Å². The van der Waals surface area contributed by atoms with Crippen molar-refractivity contribution < 1.29 is 22.3 Å². The summed E-state index contributed by atoms with van der Waals surface area (Å²) in [5, 5.41) is 1.62. The minimum atomic E-state index is -3.37. The van der Waals surface area contributed by atoms with Gasteiger partial charge in [-0.25, -0.2) is 12.8 Å². The summed E-state index contributed by atoms with van der Waals surface area (Å²) < 4.78 is 42.1. The molecule has 0 saturated heterocycles. The van der Waals surface area contributed by atoms with Gasteiger partial charge < -0.3 is 9.64 Å². The molecule has 1 heterocycles. The van der Waals surface area contributed by atoms with E-state index >= 15 is 0 Å². The lowest BCUT2D eigenvalue weighted by Crippen LogP contribution is -2.43. The Hall–Kier alpha value is -2.38. The molecule has 0 bridgehead atoms. The van der Waals surface area contributed by atoms with Crippen molar-refractivity contribution in [3.05, 3.63) is 70.9 Å². The normalized spacial score (nSPS) is 17.8. The summed E-state index contributed by atoms with van der Waals surface area (Å²) in [5.74, 6) is -0.667. The van der Waals surface area contributed by atoms with E-state index in [1.165, 1.54) is 35.2 Å². The van der Waals surface area contributed by atoms with Gasteiger partial charge >= 0.3 is 0 Å². The van der Waals surface area contributed by atoms with E-state index in [1.807, 2.05) is 0 Å². The maximum Gasteiger partial charge on any atom is 0.265 e. The fraction of sp³-hybridized carbons (Fsp3) is 0.167. The first-order valence-electron chi connectivity index (χ1n) is 7.71. The summed E-state index contributed by atoms with van der Waals surface area (Å²) in [7, 11) is -3.37. The SMILES string of the molecule is O=C(COc1ccc(Cl)cc1)N(c1ccc(F)cc1)[C@@H]1C=CS(=O)(=O)C1. The van der Waals surface area contributed by atoms with Crippen LogP contribution in [-0.2, 0) is 14.6 Å². The van der Waals surface area contributed by atoms with E-state index in [0.717, 1.165) is 5.41 Å². The van der Waals surface area contributed by atoms with Crippen molar-refractivity contribution in [1.29, 1.82) is 0 Å². The lowest BCUT2D eigenvalue weighted by molar-refractivity contribution is -0.120. The van der Waals surface area contributed by atoms with Gasteiger partial charge in [-0.3, -0.25) is 4.79 Å². The molecule has 3 rings (SSSR count). The number of carbonyl (C=O) groups excluding carboxylic acids is 1. The minimum absolute atomic E-state index is 0.225. The van der Waals surface area contributed by atoms with E-state index in [0.29, 0.717) is 16.5 Å². The third-order valence-electron chi connectivity index (χ3n) is 3.79. The molecule has 136 valence electrons. The van der Waals surface area contributed by atoms with Crippen LogP contribution >= 0.6 is 11.6 Å². The van der Waals surface area contributed by atoms with Crippen LogP contribution in [0.5, 0.6) is 5.75 Å². The first-order valence-corrected chi connectivity index (χ1v) is 9.80. The Kier molecular flexibility index (Phi) is 5.29. The maximum atomic E-state index is 13.2. The monoisotopic (exact) mass is 395 g/mol. The van der Waals surface area contributed by atoms with E-state index in [9.17, 15) is 17.6 Å². The standard InChI is InChI=1S/C18H15ClFNO4S/c19-13-1-7-17(8-2-13)25-11-18(22)21(15-5-3-14(20)4-6-15)16-9-10-26(23,24)12-16/h1-10,16H,11-12H2/t16-/m1/s1. The molecule has 0 fully saturated rings. The first-order chi connectivity index (χ1) is 12.3. The van der Waals surface area contributed by atoms with Crippen molar-refractivity contribution in [3.63, 3.8) is 0 Å². The average Bonchev–Trinajstić information content (AvgIpc) is 2.96. The number of halogens is 2. The smallest absolute Gasteiger partial charge is 0.265 e. The summed E-state index contributed by atoms with van der Waals surface area (Å²) in [6, 6.07) is 11.1. The molecule has 0 N–H and O–H groups in total. The van der Waals surface area contributed by atoms with Crippen molar-refractivity contribution in [2.24, 2.45) is 0 Å². The molecule has 0 aromatic heterocycles. The molecule has 2 aromatic carbocycles. The first kappa shape index (κ1) is 18.4. The van der Waals surface area contributed by atoms with Crippen molar-refractivity contribution in [2.45, 2.75) is 6.04 Å². The van der Waals surface area contributed by atoms with Crippen LogP contribution in [0.4, 0.5) is 10.1 Å². The number of carbonyl (C=O) groups is 1. The summed E-state index contributed by atoms with van der Waals surface area (Å²) in [6.07, 6.45) is 1.44. The number of benzene rings is 2. The Labute approximate surface area is 155 Å². The maximum absolute atomic E-state index is 13.2. The molecule has 0 saturated carbocycles. The fourth-order valence-corrected chi connectivity index (χ4v) is 3.98. The summed E-state index contributed by atoms with van der Waals surface area (Å²) in [6.45, 7) is -0.302. The zero-order chi connectivity index (χ0) is 18.7. The summed E-state index contributed by atoms with van der Waals surface area (Å²) in [5.41, 5.74) is 0.392. The van der Waals surface area contributed by atoms with Crippen LogP contribution in [0.15, 0.2) is 60.0 Å². The molecule has 1 aliphatic heterocycles. The molecule has 26 heavy (non-hydrogen) atoms. The van der Waals surface area contributed by atoms with Gasteiger partial charge in [0.15, 0.2) is 16.4 Å². The average molecular weight is 396 g/mol. The van der Waals surface area contributed by atoms with Gasteiger partial charge in [-0.15, -0.1) is 0 Å². The fourth-order valence-electron chi connectivity index (χ4n) is 2.59. The number of ether oxygens (including phenoxy) is 1. The number of hydrogen-bond donors (Lipinski definition) is 0. The van der Waals surface area contributed by atoms with E-state index in [4.69, 9.17) is 16.3 Å². The highest BCUT2D eigenvalue weighted by molar-refractivity contribution is 7.94. The van der Waals surface area contributed by atoms with Crippen molar-refractivity contribution >= 4 is 33.0 Å². The molecule has 5 nitrogen and oxygen atoms in total. The number of sulfone groups is 1. The van der Waals surface area contributed by atoms with Gasteiger partial charge in [0.25, 0.3) is 5.91 Å². The molecule has 0 radical (unpaired) electrons. The van der Waals surface area contributed by atoms with Crippen LogP contribution < -0.4 is 9.64 Å². The van der Waals surface area contributed by atoms with E-state index in [-0.39, 0.29) is 12.4 Å². The van der Waals surface area contributed by atoms with Gasteiger partial charge in [-0.05, 0) is 54.6 Å².